The van der Waals surface area contributed by atoms with E-state index in [1.165, 1.54) is 32.1 Å². The maximum absolute atomic E-state index is 5.50. The molecule has 1 unspecified atom stereocenters. The van der Waals surface area contributed by atoms with Gasteiger partial charge in [0.25, 0.3) is 0 Å². The van der Waals surface area contributed by atoms with Crippen LogP contribution in [0.4, 0.5) is 5.82 Å². The maximum Gasteiger partial charge on any atom is 0.162 e. The van der Waals surface area contributed by atoms with Crippen molar-refractivity contribution in [2.75, 3.05) is 25.7 Å². The highest BCUT2D eigenvalue weighted by Crippen LogP contribution is 2.42. The van der Waals surface area contributed by atoms with E-state index in [9.17, 15) is 0 Å². The van der Waals surface area contributed by atoms with Crippen LogP contribution in [0.15, 0.2) is 12.1 Å². The predicted octanol–water partition coefficient (Wildman–Crippen LogP) is 3.90. The number of rotatable bonds is 4. The van der Waals surface area contributed by atoms with Gasteiger partial charge in [-0.3, -0.25) is 0 Å². The van der Waals surface area contributed by atoms with Gasteiger partial charge in [-0.05, 0) is 45.1 Å². The average molecular weight is 327 g/mol. The summed E-state index contributed by atoms with van der Waals surface area (Å²) >= 11 is 0. The highest BCUT2D eigenvalue weighted by atomic mass is 16.5. The summed E-state index contributed by atoms with van der Waals surface area (Å²) in [4.78, 5) is 12.3. The van der Waals surface area contributed by atoms with Gasteiger partial charge in [-0.1, -0.05) is 0 Å². The Morgan fingerprint density at radius 1 is 1.00 bits per heavy atom. The Morgan fingerprint density at radius 3 is 2.42 bits per heavy atom. The molecule has 128 valence electrons. The lowest BCUT2D eigenvalue weighted by Crippen LogP contribution is -2.38. The third-order valence-corrected chi connectivity index (χ3v) is 5.22. The van der Waals surface area contributed by atoms with Crippen molar-refractivity contribution >= 4 is 16.7 Å². The van der Waals surface area contributed by atoms with Crippen molar-refractivity contribution in [3.8, 4) is 11.5 Å². The molecular weight excluding hydrogens is 302 g/mol. The van der Waals surface area contributed by atoms with Crippen LogP contribution in [-0.2, 0) is 0 Å². The Labute approximate surface area is 143 Å². The number of methoxy groups -OCH3 is 2. The predicted molar refractivity (Wildman–Crippen MR) is 95.3 cm³/mol. The first-order chi connectivity index (χ1) is 11.7. The molecule has 0 bridgehead atoms. The summed E-state index contributed by atoms with van der Waals surface area (Å²) in [6.45, 7) is 3.36. The number of benzene rings is 1. The van der Waals surface area contributed by atoms with Crippen LogP contribution in [0, 0.1) is 0 Å². The zero-order valence-electron chi connectivity index (χ0n) is 14.7. The minimum Gasteiger partial charge on any atom is -0.493 e. The second kappa shape index (κ2) is 6.11. The molecule has 2 aromatic rings. The number of hydrogen-bond donors (Lipinski definition) is 0. The van der Waals surface area contributed by atoms with E-state index < -0.39 is 0 Å². The molecule has 1 saturated heterocycles. The van der Waals surface area contributed by atoms with Gasteiger partial charge in [0.1, 0.15) is 11.6 Å². The molecule has 4 rings (SSSR count). The SMILES string of the molecule is COc1cc2nc(C3CC3)nc(N3CCCCC3C)c2cc1OC. The van der Waals surface area contributed by atoms with Crippen molar-refractivity contribution in [1.82, 2.24) is 9.97 Å². The van der Waals surface area contributed by atoms with Gasteiger partial charge in [0, 0.05) is 30.0 Å². The number of piperidine rings is 1. The summed E-state index contributed by atoms with van der Waals surface area (Å²) in [5, 5.41) is 1.06. The molecule has 1 aromatic heterocycles. The third-order valence-electron chi connectivity index (χ3n) is 5.22. The van der Waals surface area contributed by atoms with E-state index in [0.29, 0.717) is 12.0 Å². The van der Waals surface area contributed by atoms with Gasteiger partial charge in [0.15, 0.2) is 11.5 Å². The first-order valence-electron chi connectivity index (χ1n) is 8.91. The van der Waals surface area contributed by atoms with Crippen LogP contribution in [0.1, 0.15) is 50.8 Å². The molecule has 0 amide bonds. The fourth-order valence-corrected chi connectivity index (χ4v) is 3.61. The molecule has 2 heterocycles. The number of ether oxygens (including phenoxy) is 2. The highest BCUT2D eigenvalue weighted by Gasteiger charge is 2.30. The van der Waals surface area contributed by atoms with E-state index in [1.54, 1.807) is 14.2 Å². The van der Waals surface area contributed by atoms with Crippen molar-refractivity contribution in [3.63, 3.8) is 0 Å². The first-order valence-corrected chi connectivity index (χ1v) is 8.91. The Bertz CT molecular complexity index is 758. The van der Waals surface area contributed by atoms with E-state index in [-0.39, 0.29) is 0 Å². The van der Waals surface area contributed by atoms with E-state index in [4.69, 9.17) is 19.4 Å². The van der Waals surface area contributed by atoms with E-state index in [0.717, 1.165) is 40.6 Å². The first kappa shape index (κ1) is 15.5. The van der Waals surface area contributed by atoms with Gasteiger partial charge in [-0.15, -0.1) is 0 Å². The Balaban J connectivity index is 1.91. The molecule has 5 nitrogen and oxygen atoms in total. The fraction of sp³-hybridized carbons (Fsp3) is 0.579. The lowest BCUT2D eigenvalue weighted by molar-refractivity contribution is 0.355. The minimum absolute atomic E-state index is 0.511. The van der Waals surface area contributed by atoms with Gasteiger partial charge >= 0.3 is 0 Å². The molecular formula is C19H25N3O2. The number of fused-ring (bicyclic) bond motifs is 1. The van der Waals surface area contributed by atoms with Crippen molar-refractivity contribution in [2.45, 2.75) is 51.0 Å². The number of hydrogen-bond acceptors (Lipinski definition) is 5. The van der Waals surface area contributed by atoms with Crippen LogP contribution in [0.25, 0.3) is 10.9 Å². The second-order valence-electron chi connectivity index (χ2n) is 6.94. The standard InChI is InChI=1S/C19H25N3O2/c1-12-6-4-5-9-22(12)19-14-10-16(23-2)17(24-3)11-15(14)20-18(21-19)13-7-8-13/h10-13H,4-9H2,1-3H3. The lowest BCUT2D eigenvalue weighted by atomic mass is 10.0. The smallest absolute Gasteiger partial charge is 0.162 e. The van der Waals surface area contributed by atoms with Crippen LogP contribution in [0.3, 0.4) is 0 Å². The minimum atomic E-state index is 0.511. The van der Waals surface area contributed by atoms with Gasteiger partial charge in [0.2, 0.25) is 0 Å². The van der Waals surface area contributed by atoms with Gasteiger partial charge in [0.05, 0.1) is 19.7 Å². The largest absolute Gasteiger partial charge is 0.493 e. The summed E-state index contributed by atoms with van der Waals surface area (Å²) in [5.41, 5.74) is 0.956. The van der Waals surface area contributed by atoms with Crippen LogP contribution in [0.5, 0.6) is 11.5 Å². The third kappa shape index (κ3) is 2.66. The molecule has 0 N–H and O–H groups in total. The monoisotopic (exact) mass is 327 g/mol. The number of anilines is 1. The van der Waals surface area contributed by atoms with E-state index in [2.05, 4.69) is 11.8 Å². The van der Waals surface area contributed by atoms with Crippen LogP contribution in [0.2, 0.25) is 0 Å². The quantitative estimate of drug-likeness (QED) is 0.852. The molecule has 1 aliphatic heterocycles. The number of nitrogens with zero attached hydrogens (tertiary/aromatic N) is 3. The molecule has 5 heteroatoms. The van der Waals surface area contributed by atoms with Gasteiger partial charge in [-0.25, -0.2) is 9.97 Å². The molecule has 1 aromatic carbocycles. The van der Waals surface area contributed by atoms with Crippen molar-refractivity contribution in [1.29, 1.82) is 0 Å². The average Bonchev–Trinajstić information content (AvgIpc) is 3.45. The lowest BCUT2D eigenvalue weighted by Gasteiger charge is -2.35. The zero-order chi connectivity index (χ0) is 16.7. The summed E-state index contributed by atoms with van der Waals surface area (Å²) in [6.07, 6.45) is 6.15. The molecule has 1 saturated carbocycles. The molecule has 24 heavy (non-hydrogen) atoms. The zero-order valence-corrected chi connectivity index (χ0v) is 14.7. The summed E-state index contributed by atoms with van der Waals surface area (Å²) in [7, 11) is 3.34. The molecule has 2 aliphatic rings. The number of aromatic nitrogens is 2. The molecule has 1 atom stereocenters. The summed E-state index contributed by atoms with van der Waals surface area (Å²) < 4.78 is 11.0. The second-order valence-corrected chi connectivity index (χ2v) is 6.94. The Hall–Kier alpha value is -2.04. The fourth-order valence-electron chi connectivity index (χ4n) is 3.61. The molecule has 0 spiro atoms. The van der Waals surface area contributed by atoms with Crippen molar-refractivity contribution < 1.29 is 9.47 Å². The summed E-state index contributed by atoms with van der Waals surface area (Å²) in [6, 6.07) is 4.53. The molecule has 0 radical (unpaired) electrons. The van der Waals surface area contributed by atoms with Crippen LogP contribution in [-0.4, -0.2) is 36.8 Å². The van der Waals surface area contributed by atoms with Crippen LogP contribution >= 0.6 is 0 Å². The molecule has 2 fully saturated rings. The summed E-state index contributed by atoms with van der Waals surface area (Å²) in [5.74, 6) is 4.04. The van der Waals surface area contributed by atoms with Crippen molar-refractivity contribution in [2.24, 2.45) is 0 Å². The van der Waals surface area contributed by atoms with Gasteiger partial charge < -0.3 is 14.4 Å². The van der Waals surface area contributed by atoms with E-state index in [1.807, 2.05) is 12.1 Å². The van der Waals surface area contributed by atoms with E-state index >= 15 is 0 Å². The van der Waals surface area contributed by atoms with Crippen molar-refractivity contribution in [3.05, 3.63) is 18.0 Å². The maximum atomic E-state index is 5.50. The van der Waals surface area contributed by atoms with Crippen LogP contribution < -0.4 is 14.4 Å². The Kier molecular flexibility index (Phi) is 3.94. The highest BCUT2D eigenvalue weighted by molar-refractivity contribution is 5.92. The molecule has 1 aliphatic carbocycles. The Morgan fingerprint density at radius 2 is 1.75 bits per heavy atom. The van der Waals surface area contributed by atoms with Gasteiger partial charge in [-0.2, -0.15) is 0 Å². The topological polar surface area (TPSA) is 47.5 Å². The normalized spacial score (nSPS) is 21.1.